The van der Waals surface area contributed by atoms with Gasteiger partial charge in [0.1, 0.15) is 5.60 Å². The van der Waals surface area contributed by atoms with Crippen LogP contribution in [-0.4, -0.2) is 86.4 Å². The summed E-state index contributed by atoms with van der Waals surface area (Å²) >= 11 is 0. The van der Waals surface area contributed by atoms with Crippen LogP contribution in [0.15, 0.2) is 48.5 Å². The molecule has 1 aliphatic carbocycles. The molecule has 2 aliphatic rings. The van der Waals surface area contributed by atoms with Gasteiger partial charge in [0, 0.05) is 44.5 Å². The Labute approximate surface area is 199 Å². The van der Waals surface area contributed by atoms with Crippen molar-refractivity contribution in [3.8, 4) is 11.1 Å². The highest BCUT2D eigenvalue weighted by Gasteiger charge is 2.50. The first-order valence-corrected chi connectivity index (χ1v) is 12.9. The minimum atomic E-state index is -3.50. The number of rotatable bonds is 8. The van der Waals surface area contributed by atoms with Crippen molar-refractivity contribution < 1.29 is 27.9 Å². The highest BCUT2D eigenvalue weighted by molar-refractivity contribution is 7.92. The van der Waals surface area contributed by atoms with Gasteiger partial charge in [-0.1, -0.05) is 24.3 Å². The van der Waals surface area contributed by atoms with Gasteiger partial charge in [0.15, 0.2) is 0 Å². The second kappa shape index (κ2) is 9.73. The molecule has 1 saturated heterocycles. The summed E-state index contributed by atoms with van der Waals surface area (Å²) in [5, 5.41) is 10.0. The largest absolute Gasteiger partial charge is 0.384 e. The summed E-state index contributed by atoms with van der Waals surface area (Å²) in [5.41, 5.74) is 1.49. The van der Waals surface area contributed by atoms with Crippen molar-refractivity contribution in [3.63, 3.8) is 0 Å². The molecule has 1 aliphatic heterocycles. The van der Waals surface area contributed by atoms with Gasteiger partial charge in [0.2, 0.25) is 10.0 Å². The van der Waals surface area contributed by atoms with Gasteiger partial charge in [-0.15, -0.1) is 0 Å². The van der Waals surface area contributed by atoms with E-state index >= 15 is 0 Å². The number of aliphatic hydroxyl groups is 1. The number of piperazine rings is 1. The zero-order valence-corrected chi connectivity index (χ0v) is 19.9. The van der Waals surface area contributed by atoms with Crippen molar-refractivity contribution in [1.82, 2.24) is 9.80 Å². The van der Waals surface area contributed by atoms with Gasteiger partial charge < -0.3 is 19.6 Å². The van der Waals surface area contributed by atoms with Crippen LogP contribution in [0, 0.1) is 0 Å². The maximum atomic E-state index is 12.9. The minimum absolute atomic E-state index is 0.108. The lowest BCUT2D eigenvalue weighted by molar-refractivity contribution is -0.143. The van der Waals surface area contributed by atoms with Crippen LogP contribution in [0.2, 0.25) is 0 Å². The van der Waals surface area contributed by atoms with E-state index in [1.807, 2.05) is 18.2 Å². The van der Waals surface area contributed by atoms with Gasteiger partial charge in [-0.3, -0.25) is 14.3 Å². The summed E-state index contributed by atoms with van der Waals surface area (Å²) < 4.78 is 31.6. The Kier molecular flexibility index (Phi) is 6.92. The SMILES string of the molecule is COCCS(=O)(=O)Nc1cccc(-c2ccc(C(=O)N3CCN(C(=O)C4(O)CC4)CC3)cc2)c1. The number of benzene rings is 2. The molecule has 1 saturated carbocycles. The van der Waals surface area contributed by atoms with Crippen molar-refractivity contribution in [3.05, 3.63) is 54.1 Å². The van der Waals surface area contributed by atoms with E-state index < -0.39 is 15.6 Å². The van der Waals surface area contributed by atoms with Gasteiger partial charge in [-0.05, 0) is 48.2 Å². The Hall–Kier alpha value is -2.95. The standard InChI is InChI=1S/C24H29N3O6S/c1-33-15-16-34(31,32)25-21-4-2-3-20(17-21)18-5-7-19(8-6-18)22(28)26-11-13-27(14-12-26)23(29)24(30)9-10-24/h2-8,17,25,30H,9-16H2,1H3. The molecular weight excluding hydrogens is 458 g/mol. The van der Waals surface area contributed by atoms with E-state index in [2.05, 4.69) is 4.72 Å². The number of hydrogen-bond acceptors (Lipinski definition) is 6. The molecule has 34 heavy (non-hydrogen) atoms. The predicted octanol–water partition coefficient (Wildman–Crippen LogP) is 1.55. The molecule has 0 atom stereocenters. The van der Waals surface area contributed by atoms with Crippen LogP contribution in [0.1, 0.15) is 23.2 Å². The smallest absolute Gasteiger partial charge is 0.254 e. The monoisotopic (exact) mass is 487 g/mol. The Morgan fingerprint density at radius 1 is 1.00 bits per heavy atom. The summed E-state index contributed by atoms with van der Waals surface area (Å²) in [5.74, 6) is -0.469. The van der Waals surface area contributed by atoms with E-state index in [0.717, 1.165) is 11.1 Å². The maximum Gasteiger partial charge on any atom is 0.254 e. The van der Waals surface area contributed by atoms with E-state index in [1.54, 1.807) is 40.1 Å². The van der Waals surface area contributed by atoms with Crippen LogP contribution in [0.25, 0.3) is 11.1 Å². The second-order valence-electron chi connectivity index (χ2n) is 8.69. The Bertz CT molecular complexity index is 1150. The molecule has 0 unspecified atom stereocenters. The third kappa shape index (κ3) is 5.57. The number of carbonyl (C=O) groups excluding carboxylic acids is 2. The van der Waals surface area contributed by atoms with E-state index in [-0.39, 0.29) is 24.2 Å². The number of hydrogen-bond donors (Lipinski definition) is 2. The Balaban J connectivity index is 1.38. The zero-order chi connectivity index (χ0) is 24.3. The van der Waals surface area contributed by atoms with Gasteiger partial charge >= 0.3 is 0 Å². The lowest BCUT2D eigenvalue weighted by Gasteiger charge is -2.35. The van der Waals surface area contributed by atoms with Crippen molar-refractivity contribution in [1.29, 1.82) is 0 Å². The quantitative estimate of drug-likeness (QED) is 0.584. The Morgan fingerprint density at radius 2 is 1.65 bits per heavy atom. The van der Waals surface area contributed by atoms with Crippen molar-refractivity contribution >= 4 is 27.5 Å². The average Bonchev–Trinajstić information content (AvgIpc) is 3.60. The molecule has 0 spiro atoms. The van der Waals surface area contributed by atoms with Gasteiger partial charge in [-0.2, -0.15) is 0 Å². The maximum absolute atomic E-state index is 12.9. The first-order valence-electron chi connectivity index (χ1n) is 11.2. The number of sulfonamides is 1. The highest BCUT2D eigenvalue weighted by Crippen LogP contribution is 2.37. The van der Waals surface area contributed by atoms with E-state index in [9.17, 15) is 23.1 Å². The van der Waals surface area contributed by atoms with Crippen molar-refractivity contribution in [2.24, 2.45) is 0 Å². The molecule has 2 fully saturated rings. The van der Waals surface area contributed by atoms with Crippen molar-refractivity contribution in [2.75, 3.05) is 50.4 Å². The summed E-state index contributed by atoms with van der Waals surface area (Å²) in [6.07, 6.45) is 1.03. The third-order valence-electron chi connectivity index (χ3n) is 6.13. The van der Waals surface area contributed by atoms with Crippen LogP contribution >= 0.6 is 0 Å². The molecule has 9 nitrogen and oxygen atoms in total. The number of amides is 2. The number of ether oxygens (including phenoxy) is 1. The van der Waals surface area contributed by atoms with Gasteiger partial charge in [0.05, 0.1) is 12.4 Å². The minimum Gasteiger partial charge on any atom is -0.384 e. The first kappa shape index (κ1) is 24.2. The summed E-state index contributed by atoms with van der Waals surface area (Å²) in [7, 11) is -2.05. The normalized spacial score (nSPS) is 17.4. The van der Waals surface area contributed by atoms with Crippen LogP contribution < -0.4 is 4.72 Å². The number of nitrogens with one attached hydrogen (secondary N) is 1. The number of anilines is 1. The van der Waals surface area contributed by atoms with Crippen LogP contribution in [0.4, 0.5) is 5.69 Å². The third-order valence-corrected chi connectivity index (χ3v) is 7.38. The van der Waals surface area contributed by atoms with Gasteiger partial charge in [0.25, 0.3) is 11.8 Å². The molecule has 182 valence electrons. The second-order valence-corrected chi connectivity index (χ2v) is 10.5. The lowest BCUT2D eigenvalue weighted by Crippen LogP contribution is -2.53. The molecular formula is C24H29N3O6S. The molecule has 2 aromatic rings. The van der Waals surface area contributed by atoms with E-state index in [0.29, 0.717) is 50.3 Å². The fraction of sp³-hybridized carbons (Fsp3) is 0.417. The van der Waals surface area contributed by atoms with Crippen molar-refractivity contribution in [2.45, 2.75) is 18.4 Å². The summed E-state index contributed by atoms with van der Waals surface area (Å²) in [4.78, 5) is 28.5. The fourth-order valence-electron chi connectivity index (χ4n) is 3.91. The number of methoxy groups -OCH3 is 1. The highest BCUT2D eigenvalue weighted by atomic mass is 32.2. The molecule has 2 N–H and O–H groups in total. The molecule has 0 radical (unpaired) electrons. The molecule has 2 aromatic carbocycles. The fourth-order valence-corrected chi connectivity index (χ4v) is 4.89. The molecule has 4 rings (SSSR count). The molecule has 2 amide bonds. The van der Waals surface area contributed by atoms with Crippen LogP contribution in [0.5, 0.6) is 0 Å². The molecule has 0 bridgehead atoms. The Morgan fingerprint density at radius 3 is 2.26 bits per heavy atom. The average molecular weight is 488 g/mol. The van der Waals surface area contributed by atoms with Gasteiger partial charge in [-0.25, -0.2) is 8.42 Å². The van der Waals surface area contributed by atoms with Crippen LogP contribution in [0.3, 0.4) is 0 Å². The number of nitrogens with zero attached hydrogens (tertiary/aromatic N) is 2. The first-order chi connectivity index (χ1) is 16.2. The molecule has 1 heterocycles. The predicted molar refractivity (Wildman–Crippen MR) is 128 cm³/mol. The molecule has 0 aromatic heterocycles. The molecule has 10 heteroatoms. The van der Waals surface area contributed by atoms with E-state index in [1.165, 1.54) is 7.11 Å². The number of carbonyl (C=O) groups is 2. The van der Waals surface area contributed by atoms with Crippen LogP contribution in [-0.2, 0) is 19.6 Å². The lowest BCUT2D eigenvalue weighted by atomic mass is 10.0. The zero-order valence-electron chi connectivity index (χ0n) is 19.1. The van der Waals surface area contributed by atoms with E-state index in [4.69, 9.17) is 4.74 Å². The summed E-state index contributed by atoms with van der Waals surface area (Å²) in [6.45, 7) is 1.79. The topological polar surface area (TPSA) is 116 Å². The summed E-state index contributed by atoms with van der Waals surface area (Å²) in [6, 6.07) is 14.2.